The number of nitrogens with one attached hydrogen (secondary N) is 2. The summed E-state index contributed by atoms with van der Waals surface area (Å²) in [6.45, 7) is -0.0114. The van der Waals surface area contributed by atoms with E-state index in [0.29, 0.717) is 16.2 Å². The zero-order chi connectivity index (χ0) is 22.9. The number of hydrogen-bond acceptors (Lipinski definition) is 4. The first kappa shape index (κ1) is 21.3. The van der Waals surface area contributed by atoms with Crippen LogP contribution >= 0.6 is 0 Å². The highest BCUT2D eigenvalue weighted by Gasteiger charge is 2.53. The number of para-hydroxylation sites is 2. The molecule has 1 aliphatic rings. The molecule has 3 aromatic rings. The Morgan fingerprint density at radius 2 is 1.72 bits per heavy atom. The molecule has 0 radical (unpaired) electrons. The summed E-state index contributed by atoms with van der Waals surface area (Å²) in [6.07, 6.45) is 0. The predicted molar refractivity (Wildman–Crippen MR) is 113 cm³/mol. The summed E-state index contributed by atoms with van der Waals surface area (Å²) in [5, 5.41) is 16.6. The lowest BCUT2D eigenvalue weighted by atomic mass is 9.94. The summed E-state index contributed by atoms with van der Waals surface area (Å²) < 4.78 is 34.3. The van der Waals surface area contributed by atoms with Gasteiger partial charge in [-0.25, -0.2) is 18.5 Å². The Bertz CT molecular complexity index is 1170. The van der Waals surface area contributed by atoms with Crippen LogP contribution in [0.3, 0.4) is 0 Å². The monoisotopic (exact) mass is 439 g/mol. The number of urea groups is 1. The van der Waals surface area contributed by atoms with E-state index in [1.54, 1.807) is 30.3 Å². The first-order chi connectivity index (χ1) is 15.4. The molecule has 0 saturated carbocycles. The van der Waals surface area contributed by atoms with E-state index in [-0.39, 0.29) is 17.8 Å². The summed E-state index contributed by atoms with van der Waals surface area (Å²) in [5.41, 5.74) is -2.77. The predicted octanol–water partition coefficient (Wildman–Crippen LogP) is 3.49. The molecule has 1 aliphatic heterocycles. The summed E-state index contributed by atoms with van der Waals surface area (Å²) in [7, 11) is 1.52. The lowest BCUT2D eigenvalue weighted by Gasteiger charge is -2.42. The molecular formula is C23H19F2N3O4. The van der Waals surface area contributed by atoms with E-state index in [4.69, 9.17) is 4.74 Å². The van der Waals surface area contributed by atoms with Crippen LogP contribution in [0.1, 0.15) is 11.1 Å². The molecule has 3 amide bonds. The number of fused-ring (bicyclic) bond motifs is 1. The van der Waals surface area contributed by atoms with Crippen LogP contribution in [-0.2, 0) is 17.1 Å². The highest BCUT2D eigenvalue weighted by molar-refractivity contribution is 6.12. The van der Waals surface area contributed by atoms with Crippen LogP contribution in [0, 0.1) is 11.6 Å². The largest absolute Gasteiger partial charge is 0.497 e. The third-order valence-electron chi connectivity index (χ3n) is 5.16. The number of halogens is 2. The number of amides is 3. The molecular weight excluding hydrogens is 420 g/mol. The highest BCUT2D eigenvalue weighted by Crippen LogP contribution is 2.41. The van der Waals surface area contributed by atoms with Crippen LogP contribution in [0.2, 0.25) is 0 Å². The Morgan fingerprint density at radius 3 is 2.38 bits per heavy atom. The van der Waals surface area contributed by atoms with Gasteiger partial charge < -0.3 is 20.5 Å². The maximum Gasteiger partial charge on any atom is 0.329 e. The second kappa shape index (κ2) is 8.27. The Morgan fingerprint density at radius 1 is 1.06 bits per heavy atom. The fourth-order valence-corrected chi connectivity index (χ4v) is 3.57. The number of carbonyl (C=O) groups excluding carboxylic acids is 2. The van der Waals surface area contributed by atoms with Gasteiger partial charge in [-0.2, -0.15) is 0 Å². The van der Waals surface area contributed by atoms with Gasteiger partial charge >= 0.3 is 6.03 Å². The van der Waals surface area contributed by atoms with Crippen LogP contribution in [-0.4, -0.2) is 24.2 Å². The topological polar surface area (TPSA) is 90.9 Å². The number of hydrogen-bond donors (Lipinski definition) is 3. The molecule has 0 aliphatic carbocycles. The van der Waals surface area contributed by atoms with E-state index >= 15 is 0 Å². The zero-order valence-electron chi connectivity index (χ0n) is 16.9. The Balaban J connectivity index is 1.76. The van der Waals surface area contributed by atoms with Crippen LogP contribution in [0.15, 0.2) is 66.7 Å². The molecule has 1 unspecified atom stereocenters. The number of nitrogens with zero attached hydrogens (tertiary/aromatic N) is 1. The molecule has 9 heteroatoms. The minimum atomic E-state index is -2.71. The molecule has 164 valence electrons. The van der Waals surface area contributed by atoms with Gasteiger partial charge in [0.2, 0.25) is 0 Å². The van der Waals surface area contributed by atoms with E-state index in [2.05, 4.69) is 10.6 Å². The lowest BCUT2D eigenvalue weighted by Crippen LogP contribution is -2.62. The maximum atomic E-state index is 14.6. The standard InChI is InChI=1S/C23H19F2N3O4/c1-32-15-11-9-14(10-12-15)13-26-21(29)23(31)16-5-2-3-8-19(16)27-22(30)28(23)20-17(24)6-4-7-18(20)25/h2-12,31H,13H2,1H3,(H,26,29)(H,27,30). The van der Waals surface area contributed by atoms with Crippen molar-refractivity contribution in [2.75, 3.05) is 17.3 Å². The van der Waals surface area contributed by atoms with E-state index in [1.807, 2.05) is 0 Å². The quantitative estimate of drug-likeness (QED) is 0.568. The van der Waals surface area contributed by atoms with Crippen molar-refractivity contribution in [3.63, 3.8) is 0 Å². The molecule has 3 aromatic carbocycles. The van der Waals surface area contributed by atoms with E-state index in [1.165, 1.54) is 25.3 Å². The molecule has 0 aromatic heterocycles. The van der Waals surface area contributed by atoms with Gasteiger partial charge in [0.1, 0.15) is 23.1 Å². The van der Waals surface area contributed by atoms with Gasteiger partial charge in [0.15, 0.2) is 0 Å². The molecule has 1 atom stereocenters. The molecule has 3 N–H and O–H groups in total. The average molecular weight is 439 g/mol. The van der Waals surface area contributed by atoms with E-state index in [0.717, 1.165) is 18.2 Å². The summed E-state index contributed by atoms with van der Waals surface area (Å²) in [6, 6.07) is 14.7. The minimum absolute atomic E-state index is 0.0114. The summed E-state index contributed by atoms with van der Waals surface area (Å²) in [5.74, 6) is -2.63. The van der Waals surface area contributed by atoms with Gasteiger partial charge in [0.25, 0.3) is 11.6 Å². The van der Waals surface area contributed by atoms with Crippen molar-refractivity contribution in [1.29, 1.82) is 0 Å². The van der Waals surface area contributed by atoms with E-state index in [9.17, 15) is 23.5 Å². The smallest absolute Gasteiger partial charge is 0.329 e. The van der Waals surface area contributed by atoms with Gasteiger partial charge in [-0.15, -0.1) is 0 Å². The average Bonchev–Trinajstić information content (AvgIpc) is 2.79. The first-order valence-corrected chi connectivity index (χ1v) is 9.64. The number of carbonyl (C=O) groups is 2. The van der Waals surface area contributed by atoms with Crippen molar-refractivity contribution in [1.82, 2.24) is 5.32 Å². The molecule has 1 heterocycles. The third-order valence-corrected chi connectivity index (χ3v) is 5.16. The lowest BCUT2D eigenvalue weighted by molar-refractivity contribution is -0.140. The van der Waals surface area contributed by atoms with Gasteiger partial charge in [-0.1, -0.05) is 36.4 Å². The van der Waals surface area contributed by atoms with Crippen molar-refractivity contribution in [2.45, 2.75) is 12.3 Å². The molecule has 0 spiro atoms. The Hall–Kier alpha value is -3.98. The summed E-state index contributed by atoms with van der Waals surface area (Å²) in [4.78, 5) is 26.5. The van der Waals surface area contributed by atoms with Gasteiger partial charge in [-0.05, 0) is 35.9 Å². The number of benzene rings is 3. The molecule has 4 rings (SSSR count). The van der Waals surface area contributed by atoms with Crippen LogP contribution in [0.4, 0.5) is 25.0 Å². The van der Waals surface area contributed by atoms with Crippen molar-refractivity contribution in [3.05, 3.63) is 89.5 Å². The number of aliphatic hydroxyl groups is 1. The van der Waals surface area contributed by atoms with Crippen LogP contribution in [0.5, 0.6) is 5.75 Å². The normalized spacial score (nSPS) is 17.4. The van der Waals surface area contributed by atoms with Crippen LogP contribution in [0.25, 0.3) is 0 Å². The number of methoxy groups -OCH3 is 1. The van der Waals surface area contributed by atoms with Gasteiger partial charge in [-0.3, -0.25) is 4.79 Å². The van der Waals surface area contributed by atoms with Crippen molar-refractivity contribution in [3.8, 4) is 5.75 Å². The van der Waals surface area contributed by atoms with E-state index < -0.39 is 35.0 Å². The fourth-order valence-electron chi connectivity index (χ4n) is 3.57. The van der Waals surface area contributed by atoms with Gasteiger partial charge in [0.05, 0.1) is 12.8 Å². The van der Waals surface area contributed by atoms with Gasteiger partial charge in [0, 0.05) is 12.1 Å². The second-order valence-corrected chi connectivity index (χ2v) is 7.08. The number of rotatable bonds is 5. The minimum Gasteiger partial charge on any atom is -0.497 e. The van der Waals surface area contributed by atoms with Crippen molar-refractivity contribution < 1.29 is 28.2 Å². The Labute approximate surface area is 182 Å². The van der Waals surface area contributed by atoms with Crippen molar-refractivity contribution >= 4 is 23.3 Å². The molecule has 0 fully saturated rings. The first-order valence-electron chi connectivity index (χ1n) is 9.64. The third kappa shape index (κ3) is 3.52. The second-order valence-electron chi connectivity index (χ2n) is 7.08. The summed E-state index contributed by atoms with van der Waals surface area (Å²) >= 11 is 0. The maximum absolute atomic E-state index is 14.6. The molecule has 0 bridgehead atoms. The fraction of sp³-hybridized carbons (Fsp3) is 0.130. The number of anilines is 2. The molecule has 0 saturated heterocycles. The number of ether oxygens (including phenoxy) is 1. The Kier molecular flexibility index (Phi) is 5.50. The van der Waals surface area contributed by atoms with Crippen LogP contribution < -0.4 is 20.3 Å². The molecule has 32 heavy (non-hydrogen) atoms. The zero-order valence-corrected chi connectivity index (χ0v) is 16.9. The SMILES string of the molecule is COc1ccc(CNC(=O)C2(O)c3ccccc3NC(=O)N2c2c(F)cccc2F)cc1. The van der Waals surface area contributed by atoms with Crippen molar-refractivity contribution in [2.24, 2.45) is 0 Å². The highest BCUT2D eigenvalue weighted by atomic mass is 19.1. The molecule has 7 nitrogen and oxygen atoms in total.